The van der Waals surface area contributed by atoms with Gasteiger partial charge in [-0.15, -0.1) is 0 Å². The standard InChI is InChI=1S/C16H17F3N2O2/c1-10(3-8-14(22)11(2)9-20)15(23)21-13-6-4-12(5-7-13)16(17,18)19/h4-7,10,22H,3,8H2,1-2H3,(H,21,23). The number of carbonyl (C=O) groups excluding carboxylic acids is 1. The molecule has 23 heavy (non-hydrogen) atoms. The van der Waals surface area contributed by atoms with E-state index in [2.05, 4.69) is 5.32 Å². The van der Waals surface area contributed by atoms with Gasteiger partial charge in [0.25, 0.3) is 0 Å². The molecule has 1 rings (SSSR count). The number of hydrogen-bond acceptors (Lipinski definition) is 3. The van der Waals surface area contributed by atoms with Crippen LogP contribution in [0.25, 0.3) is 0 Å². The van der Waals surface area contributed by atoms with Crippen molar-refractivity contribution in [2.24, 2.45) is 5.92 Å². The van der Waals surface area contributed by atoms with Crippen molar-refractivity contribution in [1.82, 2.24) is 0 Å². The Morgan fingerprint density at radius 3 is 2.39 bits per heavy atom. The zero-order valence-corrected chi connectivity index (χ0v) is 12.7. The second-order valence-corrected chi connectivity index (χ2v) is 5.19. The molecule has 0 aliphatic heterocycles. The molecule has 124 valence electrons. The van der Waals surface area contributed by atoms with E-state index in [9.17, 15) is 23.1 Å². The van der Waals surface area contributed by atoms with Crippen LogP contribution in [0.5, 0.6) is 0 Å². The quantitative estimate of drug-likeness (QED) is 0.621. The van der Waals surface area contributed by atoms with Gasteiger partial charge in [0.1, 0.15) is 5.76 Å². The number of halogens is 3. The fourth-order valence-corrected chi connectivity index (χ4v) is 1.74. The number of anilines is 1. The highest BCUT2D eigenvalue weighted by Gasteiger charge is 2.30. The average Bonchev–Trinajstić information content (AvgIpc) is 2.50. The minimum absolute atomic E-state index is 0.0679. The number of aliphatic hydroxyl groups is 1. The molecule has 0 aliphatic rings. The van der Waals surface area contributed by atoms with E-state index in [-0.39, 0.29) is 29.3 Å². The molecule has 0 aliphatic carbocycles. The van der Waals surface area contributed by atoms with Gasteiger partial charge >= 0.3 is 6.18 Å². The molecule has 1 unspecified atom stereocenters. The smallest absolute Gasteiger partial charge is 0.416 e. The van der Waals surface area contributed by atoms with Crippen molar-refractivity contribution >= 4 is 11.6 Å². The second kappa shape index (κ2) is 7.68. The Kier molecular flexibility index (Phi) is 6.19. The number of nitrogens with one attached hydrogen (secondary N) is 1. The fraction of sp³-hybridized carbons (Fsp3) is 0.375. The highest BCUT2D eigenvalue weighted by Crippen LogP contribution is 2.29. The topological polar surface area (TPSA) is 73.1 Å². The van der Waals surface area contributed by atoms with E-state index in [4.69, 9.17) is 5.26 Å². The Bertz CT molecular complexity index is 628. The average molecular weight is 326 g/mol. The number of hydrogen-bond donors (Lipinski definition) is 2. The maximum atomic E-state index is 12.4. The van der Waals surface area contributed by atoms with Crippen LogP contribution in [0.2, 0.25) is 0 Å². The molecule has 1 amide bonds. The number of alkyl halides is 3. The van der Waals surface area contributed by atoms with Crippen molar-refractivity contribution in [3.8, 4) is 6.07 Å². The minimum atomic E-state index is -4.42. The van der Waals surface area contributed by atoms with E-state index >= 15 is 0 Å². The first-order valence-corrected chi connectivity index (χ1v) is 6.92. The van der Waals surface area contributed by atoms with Gasteiger partial charge in [-0.3, -0.25) is 4.79 Å². The normalized spacial score (nSPS) is 13.7. The van der Waals surface area contributed by atoms with Gasteiger partial charge in [0.15, 0.2) is 0 Å². The fourth-order valence-electron chi connectivity index (χ4n) is 1.74. The maximum Gasteiger partial charge on any atom is 0.416 e. The maximum absolute atomic E-state index is 12.4. The number of carbonyl (C=O) groups is 1. The molecule has 0 radical (unpaired) electrons. The van der Waals surface area contributed by atoms with Gasteiger partial charge < -0.3 is 10.4 Å². The van der Waals surface area contributed by atoms with Crippen LogP contribution < -0.4 is 5.32 Å². The lowest BCUT2D eigenvalue weighted by molar-refractivity contribution is -0.137. The second-order valence-electron chi connectivity index (χ2n) is 5.19. The van der Waals surface area contributed by atoms with Gasteiger partial charge in [0.05, 0.1) is 17.2 Å². The largest absolute Gasteiger partial charge is 0.511 e. The third-order valence-corrected chi connectivity index (χ3v) is 3.34. The highest BCUT2D eigenvalue weighted by molar-refractivity contribution is 5.92. The van der Waals surface area contributed by atoms with E-state index in [0.717, 1.165) is 12.1 Å². The van der Waals surface area contributed by atoms with Crippen LogP contribution >= 0.6 is 0 Å². The number of allylic oxidation sites excluding steroid dienone is 2. The highest BCUT2D eigenvalue weighted by atomic mass is 19.4. The molecule has 7 heteroatoms. The monoisotopic (exact) mass is 326 g/mol. The lowest BCUT2D eigenvalue weighted by Gasteiger charge is -2.13. The lowest BCUT2D eigenvalue weighted by Crippen LogP contribution is -2.20. The van der Waals surface area contributed by atoms with E-state index in [1.165, 1.54) is 19.1 Å². The van der Waals surface area contributed by atoms with Gasteiger partial charge in [0.2, 0.25) is 5.91 Å². The number of nitriles is 1. The first-order valence-electron chi connectivity index (χ1n) is 6.92. The van der Waals surface area contributed by atoms with Crippen LogP contribution in [-0.4, -0.2) is 11.0 Å². The van der Waals surface area contributed by atoms with Crippen LogP contribution in [-0.2, 0) is 11.0 Å². The Hall–Kier alpha value is -2.49. The summed E-state index contributed by atoms with van der Waals surface area (Å²) in [5, 5.41) is 20.7. The lowest BCUT2D eigenvalue weighted by atomic mass is 10.0. The number of benzene rings is 1. The van der Waals surface area contributed by atoms with Crippen molar-refractivity contribution in [3.05, 3.63) is 41.2 Å². The Morgan fingerprint density at radius 2 is 1.91 bits per heavy atom. The van der Waals surface area contributed by atoms with Crippen molar-refractivity contribution in [3.63, 3.8) is 0 Å². The predicted molar refractivity (Wildman–Crippen MR) is 79.4 cm³/mol. The summed E-state index contributed by atoms with van der Waals surface area (Å²) in [5.74, 6) is -0.903. The van der Waals surface area contributed by atoms with Crippen molar-refractivity contribution in [1.29, 1.82) is 5.26 Å². The first-order chi connectivity index (χ1) is 10.6. The Balaban J connectivity index is 2.61. The summed E-state index contributed by atoms with van der Waals surface area (Å²) in [6, 6.07) is 5.97. The molecule has 0 saturated carbocycles. The van der Waals surface area contributed by atoms with Crippen LogP contribution in [0.1, 0.15) is 32.3 Å². The number of aliphatic hydroxyl groups excluding tert-OH is 1. The first kappa shape index (κ1) is 18.6. The number of rotatable bonds is 5. The van der Waals surface area contributed by atoms with Gasteiger partial charge in [-0.1, -0.05) is 6.92 Å². The van der Waals surface area contributed by atoms with Gasteiger partial charge in [-0.2, -0.15) is 18.4 Å². The van der Waals surface area contributed by atoms with Crippen molar-refractivity contribution in [2.75, 3.05) is 5.32 Å². The summed E-state index contributed by atoms with van der Waals surface area (Å²) in [4.78, 5) is 12.0. The van der Waals surface area contributed by atoms with E-state index in [1.807, 2.05) is 6.07 Å². The zero-order chi connectivity index (χ0) is 17.6. The summed E-state index contributed by atoms with van der Waals surface area (Å²) < 4.78 is 37.3. The van der Waals surface area contributed by atoms with E-state index in [0.29, 0.717) is 6.42 Å². The minimum Gasteiger partial charge on any atom is -0.511 e. The molecular formula is C16H17F3N2O2. The van der Waals surface area contributed by atoms with Crippen LogP contribution in [0.15, 0.2) is 35.6 Å². The summed E-state index contributed by atoms with van der Waals surface area (Å²) in [6.45, 7) is 3.11. The third kappa shape index (κ3) is 5.66. The van der Waals surface area contributed by atoms with Crippen molar-refractivity contribution < 1.29 is 23.1 Å². The van der Waals surface area contributed by atoms with Crippen LogP contribution in [0.3, 0.4) is 0 Å². The Morgan fingerprint density at radius 1 is 1.35 bits per heavy atom. The third-order valence-electron chi connectivity index (χ3n) is 3.34. The number of amides is 1. The van der Waals surface area contributed by atoms with Crippen LogP contribution in [0.4, 0.5) is 18.9 Å². The SMILES string of the molecule is CC(C#N)=C(O)CCC(C)C(=O)Nc1ccc(C(F)(F)F)cc1. The molecule has 1 atom stereocenters. The number of nitrogens with zero attached hydrogens (tertiary/aromatic N) is 1. The summed E-state index contributed by atoms with van der Waals surface area (Å²) in [6.07, 6.45) is -3.92. The van der Waals surface area contributed by atoms with Gasteiger partial charge in [0, 0.05) is 18.0 Å². The molecule has 0 saturated heterocycles. The molecule has 4 nitrogen and oxygen atoms in total. The van der Waals surface area contributed by atoms with Gasteiger partial charge in [-0.05, 0) is 37.6 Å². The molecule has 0 fully saturated rings. The molecule has 1 aromatic carbocycles. The molecule has 1 aromatic rings. The summed E-state index contributed by atoms with van der Waals surface area (Å²) >= 11 is 0. The molecular weight excluding hydrogens is 309 g/mol. The molecule has 0 spiro atoms. The van der Waals surface area contributed by atoms with Gasteiger partial charge in [-0.25, -0.2) is 0 Å². The molecule has 0 bridgehead atoms. The molecule has 2 N–H and O–H groups in total. The van der Waals surface area contributed by atoms with E-state index in [1.54, 1.807) is 6.92 Å². The molecule has 0 heterocycles. The van der Waals surface area contributed by atoms with Crippen LogP contribution in [0, 0.1) is 17.2 Å². The summed E-state index contributed by atoms with van der Waals surface area (Å²) in [5.41, 5.74) is -0.325. The predicted octanol–water partition coefficient (Wildman–Crippen LogP) is 4.42. The zero-order valence-electron chi connectivity index (χ0n) is 12.7. The Labute approximate surface area is 132 Å². The molecule has 0 aromatic heterocycles. The van der Waals surface area contributed by atoms with E-state index < -0.39 is 17.7 Å². The van der Waals surface area contributed by atoms with Crippen molar-refractivity contribution in [2.45, 2.75) is 32.9 Å². The summed E-state index contributed by atoms with van der Waals surface area (Å²) in [7, 11) is 0.